The van der Waals surface area contributed by atoms with Gasteiger partial charge >= 0.3 is 0 Å². The molecule has 3 rings (SSSR count). The molecule has 3 aromatic rings. The predicted octanol–water partition coefficient (Wildman–Crippen LogP) is 3.16. The van der Waals surface area contributed by atoms with Crippen molar-refractivity contribution in [2.45, 2.75) is 17.8 Å². The smallest absolute Gasteiger partial charge is 0.251 e. The van der Waals surface area contributed by atoms with Crippen molar-refractivity contribution < 1.29 is 0 Å². The molecule has 0 fully saturated rings. The average molecular weight is 357 g/mol. The molecule has 0 saturated heterocycles. The van der Waals surface area contributed by atoms with E-state index in [2.05, 4.69) is 19.9 Å². The number of aromatic nitrogens is 4. The molecule has 2 aromatic heterocycles. The van der Waals surface area contributed by atoms with Crippen molar-refractivity contribution >= 4 is 47.6 Å². The molecule has 0 unspecified atom stereocenters. The number of rotatable bonds is 3. The Kier molecular flexibility index (Phi) is 6.80. The summed E-state index contributed by atoms with van der Waals surface area (Å²) in [6.45, 7) is 1.80. The van der Waals surface area contributed by atoms with Crippen molar-refractivity contribution in [2.75, 3.05) is 0 Å². The normalized spacial score (nSPS) is 9.86. The third kappa shape index (κ3) is 4.43. The van der Waals surface area contributed by atoms with Gasteiger partial charge in [0.1, 0.15) is 0 Å². The number of aryl methyl sites for hydroxylation is 1. The van der Waals surface area contributed by atoms with Crippen LogP contribution in [-0.4, -0.2) is 19.9 Å². The highest BCUT2D eigenvalue weighted by atomic mass is 35.5. The first kappa shape index (κ1) is 18.4. The minimum Gasteiger partial charge on any atom is -0.301 e. The van der Waals surface area contributed by atoms with Crippen LogP contribution in [0.15, 0.2) is 46.5 Å². The number of para-hydroxylation sites is 2. The maximum Gasteiger partial charge on any atom is 0.251 e. The Morgan fingerprint density at radius 1 is 1.14 bits per heavy atom. The Balaban J connectivity index is 0.00000121. The van der Waals surface area contributed by atoms with E-state index in [0.717, 1.165) is 16.7 Å². The van der Waals surface area contributed by atoms with Gasteiger partial charge in [0.2, 0.25) is 0 Å². The summed E-state index contributed by atoms with van der Waals surface area (Å²) in [5.41, 5.74) is 3.18. The average Bonchev–Trinajstić information content (AvgIpc) is 2.44. The van der Waals surface area contributed by atoms with Crippen LogP contribution in [-0.2, 0) is 5.75 Å². The van der Waals surface area contributed by atoms with E-state index in [4.69, 9.17) is 0 Å². The molecule has 5 nitrogen and oxygen atoms in total. The lowest BCUT2D eigenvalue weighted by molar-refractivity contribution is 0.904. The lowest BCUT2D eigenvalue weighted by Gasteiger charge is -2.02. The summed E-state index contributed by atoms with van der Waals surface area (Å²) in [6.07, 6.45) is 1.75. The molecule has 0 spiro atoms. The molecule has 0 amide bonds. The minimum atomic E-state index is -0.135. The maximum atomic E-state index is 11.4. The third-order valence-electron chi connectivity index (χ3n) is 2.70. The minimum absolute atomic E-state index is 0. The number of hydrogen-bond acceptors (Lipinski definition) is 5. The van der Waals surface area contributed by atoms with Crippen molar-refractivity contribution in [3.8, 4) is 0 Å². The summed E-state index contributed by atoms with van der Waals surface area (Å²) < 4.78 is 0. The summed E-state index contributed by atoms with van der Waals surface area (Å²) in [6, 6.07) is 9.21. The van der Waals surface area contributed by atoms with E-state index < -0.39 is 0 Å². The van der Waals surface area contributed by atoms with Gasteiger partial charge < -0.3 is 4.98 Å². The number of fused-ring (bicyclic) bond motifs is 1. The molecule has 2 heterocycles. The zero-order chi connectivity index (χ0) is 13.9. The zero-order valence-corrected chi connectivity index (χ0v) is 14.1. The van der Waals surface area contributed by atoms with E-state index in [1.165, 1.54) is 17.8 Å². The first-order chi connectivity index (χ1) is 9.70. The van der Waals surface area contributed by atoms with Gasteiger partial charge in [0.25, 0.3) is 5.56 Å². The molecule has 22 heavy (non-hydrogen) atoms. The van der Waals surface area contributed by atoms with Crippen molar-refractivity contribution in [1.29, 1.82) is 0 Å². The number of halogens is 2. The number of benzene rings is 1. The fourth-order valence-corrected chi connectivity index (χ4v) is 2.63. The summed E-state index contributed by atoms with van der Waals surface area (Å²) >= 11 is 1.44. The number of nitrogens with zero attached hydrogens (tertiary/aromatic N) is 3. The number of nitrogens with one attached hydrogen (secondary N) is 1. The third-order valence-corrected chi connectivity index (χ3v) is 3.61. The molecular formula is C14H14Cl2N4OS. The zero-order valence-electron chi connectivity index (χ0n) is 11.6. The van der Waals surface area contributed by atoms with Gasteiger partial charge in [-0.15, -0.1) is 24.8 Å². The van der Waals surface area contributed by atoms with Crippen LogP contribution in [0.5, 0.6) is 0 Å². The van der Waals surface area contributed by atoms with E-state index >= 15 is 0 Å². The van der Waals surface area contributed by atoms with Gasteiger partial charge in [-0.05, 0) is 19.1 Å². The fraction of sp³-hybridized carbons (Fsp3) is 0.143. The Morgan fingerprint density at radius 2 is 1.86 bits per heavy atom. The highest BCUT2D eigenvalue weighted by Crippen LogP contribution is 2.18. The molecule has 0 saturated carbocycles. The standard InChI is InChI=1S/C14H12N4OS.2ClH/c1-9-6-13(19)18-14(16-9)20-8-10-7-15-11-4-2-3-5-12(11)17-10;;/h2-7H,8H2,1H3,(H,16,18,19);2*1H. The number of aromatic amines is 1. The summed E-state index contributed by atoms with van der Waals surface area (Å²) in [5, 5.41) is 0.602. The molecule has 1 N–H and O–H groups in total. The summed E-state index contributed by atoms with van der Waals surface area (Å²) in [5.74, 6) is 0.615. The molecule has 0 aliphatic carbocycles. The van der Waals surface area contributed by atoms with Crippen molar-refractivity contribution in [3.63, 3.8) is 0 Å². The van der Waals surface area contributed by atoms with Crippen LogP contribution in [0.2, 0.25) is 0 Å². The maximum absolute atomic E-state index is 11.4. The monoisotopic (exact) mass is 356 g/mol. The molecule has 0 radical (unpaired) electrons. The molecule has 0 bridgehead atoms. The Hall–Kier alpha value is -1.63. The van der Waals surface area contributed by atoms with E-state index in [1.807, 2.05) is 24.3 Å². The van der Waals surface area contributed by atoms with Gasteiger partial charge in [0.05, 0.1) is 16.7 Å². The first-order valence-electron chi connectivity index (χ1n) is 6.12. The van der Waals surface area contributed by atoms with Crippen molar-refractivity contribution in [1.82, 2.24) is 19.9 Å². The van der Waals surface area contributed by atoms with Crippen LogP contribution in [0.1, 0.15) is 11.4 Å². The lowest BCUT2D eigenvalue weighted by Crippen LogP contribution is -2.08. The van der Waals surface area contributed by atoms with Gasteiger partial charge in [0.15, 0.2) is 5.16 Å². The van der Waals surface area contributed by atoms with Crippen LogP contribution in [0, 0.1) is 6.92 Å². The Bertz CT molecular complexity index is 825. The van der Waals surface area contributed by atoms with Crippen LogP contribution >= 0.6 is 36.6 Å². The quantitative estimate of drug-likeness (QED) is 0.576. The molecule has 1 aromatic carbocycles. The molecule has 116 valence electrons. The van der Waals surface area contributed by atoms with E-state index in [-0.39, 0.29) is 30.4 Å². The van der Waals surface area contributed by atoms with Gasteiger partial charge in [-0.1, -0.05) is 23.9 Å². The molecule has 0 aliphatic heterocycles. The number of hydrogen-bond donors (Lipinski definition) is 1. The number of thioether (sulfide) groups is 1. The Morgan fingerprint density at radius 3 is 2.59 bits per heavy atom. The van der Waals surface area contributed by atoms with Crippen LogP contribution < -0.4 is 5.56 Å². The lowest BCUT2D eigenvalue weighted by atomic mass is 10.3. The van der Waals surface area contributed by atoms with Crippen LogP contribution in [0.25, 0.3) is 11.0 Å². The summed E-state index contributed by atoms with van der Waals surface area (Å²) in [4.78, 5) is 27.2. The van der Waals surface area contributed by atoms with E-state index in [9.17, 15) is 4.79 Å². The fourth-order valence-electron chi connectivity index (χ4n) is 1.83. The van der Waals surface area contributed by atoms with Gasteiger partial charge in [0, 0.05) is 23.7 Å². The van der Waals surface area contributed by atoms with Crippen molar-refractivity contribution in [3.05, 3.63) is 58.3 Å². The van der Waals surface area contributed by atoms with Crippen molar-refractivity contribution in [2.24, 2.45) is 0 Å². The van der Waals surface area contributed by atoms with Crippen LogP contribution in [0.4, 0.5) is 0 Å². The molecule has 8 heteroatoms. The molecular weight excluding hydrogens is 343 g/mol. The second-order valence-electron chi connectivity index (χ2n) is 4.33. The number of H-pyrrole nitrogens is 1. The summed E-state index contributed by atoms with van der Waals surface area (Å²) in [7, 11) is 0. The second-order valence-corrected chi connectivity index (χ2v) is 5.29. The largest absolute Gasteiger partial charge is 0.301 e. The molecule has 0 atom stereocenters. The topological polar surface area (TPSA) is 71.5 Å². The second kappa shape index (κ2) is 8.12. The van der Waals surface area contributed by atoms with Gasteiger partial charge in [-0.3, -0.25) is 9.78 Å². The van der Waals surface area contributed by atoms with E-state index in [1.54, 1.807) is 13.1 Å². The van der Waals surface area contributed by atoms with E-state index in [0.29, 0.717) is 16.6 Å². The molecule has 0 aliphatic rings. The Labute approximate surface area is 143 Å². The highest BCUT2D eigenvalue weighted by Gasteiger charge is 2.03. The van der Waals surface area contributed by atoms with Gasteiger partial charge in [-0.25, -0.2) is 9.97 Å². The highest BCUT2D eigenvalue weighted by molar-refractivity contribution is 7.98. The predicted molar refractivity (Wildman–Crippen MR) is 93.2 cm³/mol. The van der Waals surface area contributed by atoms with Gasteiger partial charge in [-0.2, -0.15) is 0 Å². The SMILES string of the molecule is Cc1cc(=O)[nH]c(SCc2cnc3ccccc3n2)n1.Cl.Cl. The van der Waals surface area contributed by atoms with Crippen LogP contribution in [0.3, 0.4) is 0 Å². The first-order valence-corrected chi connectivity index (χ1v) is 7.11.